The van der Waals surface area contributed by atoms with Gasteiger partial charge in [0, 0.05) is 25.2 Å². The number of carbonyl (C=O) groups excluding carboxylic acids is 2. The summed E-state index contributed by atoms with van der Waals surface area (Å²) < 4.78 is 59.1. The largest absolute Gasteiger partial charge is 0.442 e. The van der Waals surface area contributed by atoms with Gasteiger partial charge in [0.1, 0.15) is 11.8 Å². The summed E-state index contributed by atoms with van der Waals surface area (Å²) in [4.78, 5) is 30.7. The average molecular weight is 481 g/mol. The first kappa shape index (κ1) is 23.7. The fraction of sp³-hybridized carbons (Fsp3) is 0.471. The third kappa shape index (κ3) is 5.28. The standard InChI is InChI=1S/C17H19F4N5O5S/c18-11-5-9(25-8-10(31-17(25)28)7-22-15(27)14(20)21)6-12(19)13(11)24-1-2-26(16(32)23-29)30-4-3-24/h5-6,10,14,29H,1-4,7-8H2,(H,22,27)(H,23,32)/t10-/m0/s1. The van der Waals surface area contributed by atoms with Gasteiger partial charge in [-0.2, -0.15) is 8.78 Å². The minimum Gasteiger partial charge on any atom is -0.442 e. The number of hydrogen-bond donors (Lipinski definition) is 3. The van der Waals surface area contributed by atoms with Crippen molar-refractivity contribution in [3.8, 4) is 0 Å². The number of ether oxygens (including phenoxy) is 1. The van der Waals surface area contributed by atoms with Gasteiger partial charge in [0.15, 0.2) is 11.6 Å². The molecule has 3 N–H and O–H groups in total. The van der Waals surface area contributed by atoms with Gasteiger partial charge >= 0.3 is 12.5 Å². The second-order valence-electron chi connectivity index (χ2n) is 6.76. The SMILES string of the molecule is O=C(NC[C@H]1CN(c2cc(F)c(N3CCON(C(=S)NO)CC3)c(F)c2)C(=O)O1)C(F)F. The van der Waals surface area contributed by atoms with Crippen molar-refractivity contribution in [2.75, 3.05) is 49.1 Å². The molecule has 2 aliphatic rings. The number of amides is 2. The fourth-order valence-corrected chi connectivity index (χ4v) is 3.37. The molecule has 15 heteroatoms. The Morgan fingerprint density at radius 3 is 2.56 bits per heavy atom. The van der Waals surface area contributed by atoms with Gasteiger partial charge in [0.25, 0.3) is 5.91 Å². The van der Waals surface area contributed by atoms with Crippen LogP contribution < -0.4 is 20.6 Å². The summed E-state index contributed by atoms with van der Waals surface area (Å²) in [5.74, 6) is -3.41. The highest BCUT2D eigenvalue weighted by atomic mass is 32.1. The maximum absolute atomic E-state index is 14.8. The molecule has 1 atom stereocenters. The topological polar surface area (TPSA) is 107 Å². The lowest BCUT2D eigenvalue weighted by atomic mass is 10.2. The van der Waals surface area contributed by atoms with E-state index in [-0.39, 0.29) is 55.8 Å². The van der Waals surface area contributed by atoms with Crippen molar-refractivity contribution in [2.24, 2.45) is 0 Å². The van der Waals surface area contributed by atoms with E-state index in [4.69, 9.17) is 27.0 Å². The van der Waals surface area contributed by atoms with Gasteiger partial charge in [-0.25, -0.2) is 24.1 Å². The van der Waals surface area contributed by atoms with Crippen molar-refractivity contribution in [2.45, 2.75) is 12.5 Å². The van der Waals surface area contributed by atoms with Crippen molar-refractivity contribution in [1.29, 1.82) is 0 Å². The molecule has 0 bridgehead atoms. The summed E-state index contributed by atoms with van der Waals surface area (Å²) >= 11 is 4.85. The third-order valence-electron chi connectivity index (χ3n) is 4.71. The van der Waals surface area contributed by atoms with E-state index in [9.17, 15) is 27.2 Å². The molecule has 2 amide bonds. The van der Waals surface area contributed by atoms with Crippen LogP contribution in [0.5, 0.6) is 0 Å². The predicted molar refractivity (Wildman–Crippen MR) is 105 cm³/mol. The Balaban J connectivity index is 1.70. The number of rotatable bonds is 5. The van der Waals surface area contributed by atoms with Crippen molar-refractivity contribution in [3.63, 3.8) is 0 Å². The summed E-state index contributed by atoms with van der Waals surface area (Å²) in [6.45, 7) is -0.186. The minimum atomic E-state index is -3.22. The molecule has 1 aromatic rings. The summed E-state index contributed by atoms with van der Waals surface area (Å²) in [7, 11) is 0. The number of halogens is 4. The van der Waals surface area contributed by atoms with Crippen molar-refractivity contribution >= 4 is 40.7 Å². The Kier molecular flexibility index (Phi) is 7.52. The quantitative estimate of drug-likeness (QED) is 0.323. The second kappa shape index (κ2) is 10.1. The number of hydroxylamine groups is 3. The Labute approximate surface area is 184 Å². The fourth-order valence-electron chi connectivity index (χ4n) is 3.23. The lowest BCUT2D eigenvalue weighted by Crippen LogP contribution is -2.40. The maximum Gasteiger partial charge on any atom is 0.414 e. The van der Waals surface area contributed by atoms with Crippen LogP contribution in [0.4, 0.5) is 33.7 Å². The first-order valence-corrected chi connectivity index (χ1v) is 9.74. The molecule has 0 spiro atoms. The van der Waals surface area contributed by atoms with E-state index >= 15 is 0 Å². The zero-order chi connectivity index (χ0) is 23.4. The zero-order valence-electron chi connectivity index (χ0n) is 16.4. The van der Waals surface area contributed by atoms with E-state index in [0.29, 0.717) is 0 Å². The van der Waals surface area contributed by atoms with Crippen LogP contribution in [0.3, 0.4) is 0 Å². The summed E-state index contributed by atoms with van der Waals surface area (Å²) in [6.07, 6.45) is -5.11. The number of thiocarbonyl (C=S) groups is 1. The molecule has 2 aliphatic heterocycles. The third-order valence-corrected chi connectivity index (χ3v) is 5.00. The summed E-state index contributed by atoms with van der Waals surface area (Å²) in [5.41, 5.74) is 1.30. The number of nitrogens with zero attached hydrogens (tertiary/aromatic N) is 3. The molecule has 0 aromatic heterocycles. The molecule has 0 unspecified atom stereocenters. The van der Waals surface area contributed by atoms with Crippen LogP contribution in [0.2, 0.25) is 0 Å². The molecule has 0 aliphatic carbocycles. The first-order valence-electron chi connectivity index (χ1n) is 9.33. The highest BCUT2D eigenvalue weighted by Gasteiger charge is 2.34. The van der Waals surface area contributed by atoms with E-state index < -0.39 is 36.2 Å². The number of hydrogen-bond acceptors (Lipinski definition) is 7. The van der Waals surface area contributed by atoms with Crippen LogP contribution in [0.25, 0.3) is 0 Å². The van der Waals surface area contributed by atoms with Crippen LogP contribution in [-0.4, -0.2) is 79.2 Å². The summed E-state index contributed by atoms with van der Waals surface area (Å²) in [6, 6.07) is 1.90. The van der Waals surface area contributed by atoms with Gasteiger partial charge in [-0.15, -0.1) is 0 Å². The van der Waals surface area contributed by atoms with Crippen LogP contribution in [0.1, 0.15) is 0 Å². The monoisotopic (exact) mass is 481 g/mol. The molecular weight excluding hydrogens is 462 g/mol. The van der Waals surface area contributed by atoms with Crippen LogP contribution in [0, 0.1) is 11.6 Å². The molecule has 2 fully saturated rings. The van der Waals surface area contributed by atoms with Gasteiger partial charge in [-0.1, -0.05) is 0 Å². The average Bonchev–Trinajstić information content (AvgIpc) is 2.95. The van der Waals surface area contributed by atoms with Crippen LogP contribution >= 0.6 is 12.2 Å². The van der Waals surface area contributed by atoms with Gasteiger partial charge in [0.05, 0.1) is 31.9 Å². The Morgan fingerprint density at radius 2 is 1.94 bits per heavy atom. The van der Waals surface area contributed by atoms with E-state index in [1.54, 1.807) is 5.48 Å². The molecule has 3 rings (SSSR count). The Bertz CT molecular complexity index is 872. The van der Waals surface area contributed by atoms with Gasteiger partial charge in [0.2, 0.25) is 5.11 Å². The number of anilines is 2. The van der Waals surface area contributed by atoms with Crippen molar-refractivity contribution in [3.05, 3.63) is 23.8 Å². The van der Waals surface area contributed by atoms with Crippen LogP contribution in [-0.2, 0) is 14.4 Å². The molecule has 176 valence electrons. The van der Waals surface area contributed by atoms with Crippen LogP contribution in [0.15, 0.2) is 12.1 Å². The van der Waals surface area contributed by atoms with E-state index in [0.717, 1.165) is 17.0 Å². The highest BCUT2D eigenvalue weighted by Crippen LogP contribution is 2.31. The molecule has 32 heavy (non-hydrogen) atoms. The molecule has 0 saturated carbocycles. The van der Waals surface area contributed by atoms with E-state index in [1.807, 2.05) is 5.32 Å². The summed E-state index contributed by atoms with van der Waals surface area (Å²) in [5, 5.41) is 11.9. The molecule has 2 heterocycles. The van der Waals surface area contributed by atoms with Crippen molar-refractivity contribution in [1.82, 2.24) is 15.9 Å². The predicted octanol–water partition coefficient (Wildman–Crippen LogP) is 0.989. The maximum atomic E-state index is 14.8. The number of alkyl halides is 2. The van der Waals surface area contributed by atoms with E-state index in [1.165, 1.54) is 9.96 Å². The molecule has 2 saturated heterocycles. The van der Waals surface area contributed by atoms with Crippen molar-refractivity contribution < 1.29 is 41.9 Å². The smallest absolute Gasteiger partial charge is 0.414 e. The van der Waals surface area contributed by atoms with Gasteiger partial charge < -0.3 is 15.0 Å². The first-order chi connectivity index (χ1) is 15.2. The molecule has 0 radical (unpaired) electrons. The number of benzene rings is 1. The normalized spacial score (nSPS) is 19.1. The lowest BCUT2D eigenvalue weighted by Gasteiger charge is -2.24. The Morgan fingerprint density at radius 1 is 1.25 bits per heavy atom. The molecular formula is C17H19F4N5O5S. The van der Waals surface area contributed by atoms with Gasteiger partial charge in [-0.05, 0) is 12.2 Å². The number of carbonyl (C=O) groups is 2. The Hall–Kier alpha value is -2.91. The number of cyclic esters (lactones) is 1. The lowest BCUT2D eigenvalue weighted by molar-refractivity contribution is -0.132. The minimum absolute atomic E-state index is 0.0346. The highest BCUT2D eigenvalue weighted by molar-refractivity contribution is 7.80. The van der Waals surface area contributed by atoms with Gasteiger partial charge in [-0.3, -0.25) is 19.7 Å². The van der Waals surface area contributed by atoms with E-state index in [2.05, 4.69) is 0 Å². The zero-order valence-corrected chi connectivity index (χ0v) is 17.2. The second-order valence-corrected chi connectivity index (χ2v) is 7.15. The number of nitrogens with one attached hydrogen (secondary N) is 2. The molecule has 10 nitrogen and oxygen atoms in total. The molecule has 1 aromatic carbocycles.